The van der Waals surface area contributed by atoms with Crippen LogP contribution in [0, 0.1) is 0 Å². The largest absolute Gasteiger partial charge is 0.508 e. The van der Waals surface area contributed by atoms with E-state index in [-0.39, 0.29) is 17.3 Å². The van der Waals surface area contributed by atoms with Crippen molar-refractivity contribution in [3.8, 4) is 5.75 Å². The molecule has 19 heavy (non-hydrogen) atoms. The average Bonchev–Trinajstić information content (AvgIpc) is 2.35. The molecule has 98 valence electrons. The van der Waals surface area contributed by atoms with E-state index in [0.717, 1.165) is 5.56 Å². The summed E-state index contributed by atoms with van der Waals surface area (Å²) >= 11 is 0. The maximum Gasteiger partial charge on any atom is 0.202 e. The van der Waals surface area contributed by atoms with Gasteiger partial charge in [-0.1, -0.05) is 12.1 Å². The number of phenols is 1. The number of hydrogen-bond acceptors (Lipinski definition) is 4. The zero-order valence-electron chi connectivity index (χ0n) is 10.9. The van der Waals surface area contributed by atoms with Gasteiger partial charge < -0.3 is 10.0 Å². The molecule has 0 heterocycles. The Balaban J connectivity index is 2.19. The van der Waals surface area contributed by atoms with Crippen LogP contribution in [-0.2, 0) is 16.0 Å². The molecular formula is C15H15NO3. The SMILES string of the molecule is CN(C)C1=CC(=O)C(Cc2ccc(O)cc2)=CC1=O. The lowest BCUT2D eigenvalue weighted by Gasteiger charge is -2.18. The van der Waals surface area contributed by atoms with Crippen LogP contribution in [0.15, 0.2) is 47.7 Å². The Kier molecular flexibility index (Phi) is 3.51. The summed E-state index contributed by atoms with van der Waals surface area (Å²) in [6, 6.07) is 6.59. The minimum Gasteiger partial charge on any atom is -0.508 e. The molecular weight excluding hydrogens is 242 g/mol. The number of carbonyl (C=O) groups is 2. The maximum atomic E-state index is 12.0. The predicted octanol–water partition coefficient (Wildman–Crippen LogP) is 1.46. The van der Waals surface area contributed by atoms with E-state index in [4.69, 9.17) is 0 Å². The van der Waals surface area contributed by atoms with Gasteiger partial charge >= 0.3 is 0 Å². The fourth-order valence-electron chi connectivity index (χ4n) is 1.91. The normalized spacial score (nSPS) is 15.1. The van der Waals surface area contributed by atoms with Gasteiger partial charge in [-0.2, -0.15) is 0 Å². The first-order valence-electron chi connectivity index (χ1n) is 5.93. The summed E-state index contributed by atoms with van der Waals surface area (Å²) < 4.78 is 0. The van der Waals surface area contributed by atoms with Crippen molar-refractivity contribution in [2.24, 2.45) is 0 Å². The van der Waals surface area contributed by atoms with Crippen molar-refractivity contribution in [1.82, 2.24) is 4.90 Å². The predicted molar refractivity (Wildman–Crippen MR) is 71.7 cm³/mol. The highest BCUT2D eigenvalue weighted by molar-refractivity contribution is 6.19. The first kappa shape index (κ1) is 13.1. The molecule has 0 aliphatic heterocycles. The van der Waals surface area contributed by atoms with E-state index in [1.54, 1.807) is 43.3 Å². The first-order chi connectivity index (χ1) is 8.97. The highest BCUT2D eigenvalue weighted by Crippen LogP contribution is 2.19. The molecule has 4 heteroatoms. The van der Waals surface area contributed by atoms with E-state index in [1.807, 2.05) is 0 Å². The van der Waals surface area contributed by atoms with Crippen molar-refractivity contribution in [2.75, 3.05) is 14.1 Å². The molecule has 0 amide bonds. The van der Waals surface area contributed by atoms with Crippen LogP contribution >= 0.6 is 0 Å². The molecule has 1 aliphatic rings. The monoisotopic (exact) mass is 257 g/mol. The summed E-state index contributed by atoms with van der Waals surface area (Å²) in [5, 5.41) is 9.20. The fraction of sp³-hybridized carbons (Fsp3) is 0.200. The Morgan fingerprint density at radius 1 is 1.00 bits per heavy atom. The number of allylic oxidation sites excluding steroid dienone is 3. The zero-order chi connectivity index (χ0) is 14.0. The number of carbonyl (C=O) groups excluding carboxylic acids is 2. The smallest absolute Gasteiger partial charge is 0.202 e. The van der Waals surface area contributed by atoms with Gasteiger partial charge in [0.25, 0.3) is 0 Å². The number of nitrogens with zero attached hydrogens (tertiary/aromatic N) is 1. The average molecular weight is 257 g/mol. The number of likely N-dealkylation sites (N-methyl/N-ethyl adjacent to an activating group) is 1. The van der Waals surface area contributed by atoms with Gasteiger partial charge in [0.1, 0.15) is 5.75 Å². The van der Waals surface area contributed by atoms with Crippen LogP contribution in [0.25, 0.3) is 0 Å². The fourth-order valence-corrected chi connectivity index (χ4v) is 1.91. The number of phenolic OH excluding ortho intramolecular Hbond substituents is 1. The molecule has 4 nitrogen and oxygen atoms in total. The molecule has 0 unspecified atom stereocenters. The van der Waals surface area contributed by atoms with Crippen molar-refractivity contribution in [3.05, 3.63) is 53.3 Å². The number of rotatable bonds is 3. The number of ketones is 2. The number of benzene rings is 1. The van der Waals surface area contributed by atoms with Crippen molar-refractivity contribution >= 4 is 11.6 Å². The second-order valence-corrected chi connectivity index (χ2v) is 4.67. The van der Waals surface area contributed by atoms with Gasteiger partial charge in [-0.15, -0.1) is 0 Å². The zero-order valence-corrected chi connectivity index (χ0v) is 10.9. The maximum absolute atomic E-state index is 12.0. The lowest BCUT2D eigenvalue weighted by atomic mass is 9.95. The van der Waals surface area contributed by atoms with Crippen LogP contribution in [0.2, 0.25) is 0 Å². The van der Waals surface area contributed by atoms with Gasteiger partial charge in [-0.05, 0) is 23.8 Å². The third-order valence-electron chi connectivity index (χ3n) is 2.95. The van der Waals surface area contributed by atoms with Crippen LogP contribution in [0.1, 0.15) is 5.56 Å². The minimum absolute atomic E-state index is 0.142. The Morgan fingerprint density at radius 3 is 2.21 bits per heavy atom. The quantitative estimate of drug-likeness (QED) is 0.833. The molecule has 0 atom stereocenters. The molecule has 1 aromatic carbocycles. The minimum atomic E-state index is -0.154. The van der Waals surface area contributed by atoms with E-state index in [0.29, 0.717) is 17.7 Å². The molecule has 1 aliphatic carbocycles. The summed E-state index contributed by atoms with van der Waals surface area (Å²) in [5.41, 5.74) is 1.76. The Morgan fingerprint density at radius 2 is 1.63 bits per heavy atom. The van der Waals surface area contributed by atoms with E-state index < -0.39 is 0 Å². The van der Waals surface area contributed by atoms with E-state index in [1.165, 1.54) is 12.2 Å². The topological polar surface area (TPSA) is 57.6 Å². The van der Waals surface area contributed by atoms with Gasteiger partial charge in [0, 0.05) is 32.2 Å². The van der Waals surface area contributed by atoms with Gasteiger partial charge in [0.15, 0.2) is 5.78 Å². The van der Waals surface area contributed by atoms with Crippen LogP contribution in [-0.4, -0.2) is 35.7 Å². The molecule has 1 N–H and O–H groups in total. The Hall–Kier alpha value is -2.36. The van der Waals surface area contributed by atoms with Crippen molar-refractivity contribution in [1.29, 1.82) is 0 Å². The van der Waals surface area contributed by atoms with E-state index >= 15 is 0 Å². The molecule has 0 saturated carbocycles. The van der Waals surface area contributed by atoms with Gasteiger partial charge in [0.05, 0.1) is 5.70 Å². The number of aromatic hydroxyl groups is 1. The highest BCUT2D eigenvalue weighted by Gasteiger charge is 2.21. The van der Waals surface area contributed by atoms with Crippen molar-refractivity contribution < 1.29 is 14.7 Å². The molecule has 0 fully saturated rings. The third kappa shape index (κ3) is 2.91. The summed E-state index contributed by atoms with van der Waals surface area (Å²) in [6.45, 7) is 0. The first-order valence-corrected chi connectivity index (χ1v) is 5.93. The Labute approximate surface area is 111 Å². The molecule has 1 aromatic rings. The molecule has 0 bridgehead atoms. The summed E-state index contributed by atoms with van der Waals surface area (Å²) in [7, 11) is 3.46. The van der Waals surface area contributed by atoms with Crippen molar-refractivity contribution in [3.63, 3.8) is 0 Å². The van der Waals surface area contributed by atoms with Gasteiger partial charge in [-0.3, -0.25) is 9.59 Å². The van der Waals surface area contributed by atoms with Gasteiger partial charge in [-0.25, -0.2) is 0 Å². The third-order valence-corrected chi connectivity index (χ3v) is 2.95. The lowest BCUT2D eigenvalue weighted by Crippen LogP contribution is -2.24. The van der Waals surface area contributed by atoms with Crippen LogP contribution in [0.5, 0.6) is 5.75 Å². The van der Waals surface area contributed by atoms with Crippen LogP contribution in [0.4, 0.5) is 0 Å². The molecule has 0 aromatic heterocycles. The van der Waals surface area contributed by atoms with Crippen LogP contribution in [0.3, 0.4) is 0 Å². The summed E-state index contributed by atoms with van der Waals surface area (Å²) in [6.07, 6.45) is 3.16. The highest BCUT2D eigenvalue weighted by atomic mass is 16.3. The summed E-state index contributed by atoms with van der Waals surface area (Å²) in [5.74, 6) is -0.117. The molecule has 0 saturated heterocycles. The molecule has 2 rings (SSSR count). The number of hydrogen-bond donors (Lipinski definition) is 1. The van der Waals surface area contributed by atoms with E-state index in [2.05, 4.69) is 0 Å². The summed E-state index contributed by atoms with van der Waals surface area (Å²) in [4.78, 5) is 25.4. The second-order valence-electron chi connectivity index (χ2n) is 4.67. The van der Waals surface area contributed by atoms with E-state index in [9.17, 15) is 14.7 Å². The second kappa shape index (κ2) is 5.10. The Bertz CT molecular complexity index is 580. The molecule has 0 radical (unpaired) electrons. The standard InChI is InChI=1S/C15H15NO3/c1-16(2)13-9-14(18)11(8-15(13)19)7-10-3-5-12(17)6-4-10/h3-6,8-9,17H,7H2,1-2H3. The van der Waals surface area contributed by atoms with Crippen LogP contribution < -0.4 is 0 Å². The van der Waals surface area contributed by atoms with Gasteiger partial charge in [0.2, 0.25) is 5.78 Å². The molecule has 0 spiro atoms. The lowest BCUT2D eigenvalue weighted by molar-refractivity contribution is -0.116. The van der Waals surface area contributed by atoms with Crippen molar-refractivity contribution in [2.45, 2.75) is 6.42 Å².